The van der Waals surface area contributed by atoms with Crippen LogP contribution in [0, 0.1) is 5.82 Å². The Morgan fingerprint density at radius 3 is 2.36 bits per heavy atom. The lowest BCUT2D eigenvalue weighted by Crippen LogP contribution is -2.38. The van der Waals surface area contributed by atoms with Crippen LogP contribution in [0.2, 0.25) is 5.02 Å². The number of benzene rings is 5. The van der Waals surface area contributed by atoms with Gasteiger partial charge in [0.25, 0.3) is 5.91 Å². The predicted octanol–water partition coefficient (Wildman–Crippen LogP) is 7.57. The van der Waals surface area contributed by atoms with Crippen molar-refractivity contribution < 1.29 is 18.7 Å². The molecule has 0 spiro atoms. The van der Waals surface area contributed by atoms with Crippen molar-refractivity contribution in [3.05, 3.63) is 143 Å². The highest BCUT2D eigenvalue weighted by Gasteiger charge is 2.20. The molecule has 5 aromatic carbocycles. The van der Waals surface area contributed by atoms with Crippen LogP contribution in [0.5, 0.6) is 11.5 Å². The molecule has 0 bridgehead atoms. The van der Waals surface area contributed by atoms with Gasteiger partial charge in [-0.1, -0.05) is 78.3 Å². The molecule has 5 rings (SSSR count). The number of imide groups is 1. The number of nitrogens with two attached hydrogens (primary N) is 1. The van der Waals surface area contributed by atoms with Crippen LogP contribution in [0.25, 0.3) is 22.3 Å². The fourth-order valence-corrected chi connectivity index (χ4v) is 4.97. The van der Waals surface area contributed by atoms with Crippen LogP contribution < -0.4 is 21.1 Å². The summed E-state index contributed by atoms with van der Waals surface area (Å²) in [5.41, 5.74) is 10.6. The third-order valence-electron chi connectivity index (χ3n) is 7.03. The molecule has 45 heavy (non-hydrogen) atoms. The van der Waals surface area contributed by atoms with Crippen molar-refractivity contribution in [1.82, 2.24) is 10.6 Å². The summed E-state index contributed by atoms with van der Waals surface area (Å²) < 4.78 is 20.2. The second-order valence-corrected chi connectivity index (χ2v) is 10.6. The van der Waals surface area contributed by atoms with Gasteiger partial charge in [0.2, 0.25) is 5.91 Å². The Hall–Kier alpha value is -4.53. The van der Waals surface area contributed by atoms with Gasteiger partial charge >= 0.3 is 0 Å². The third kappa shape index (κ3) is 8.77. The Morgan fingerprint density at radius 2 is 1.58 bits per heavy atom. The fourth-order valence-electron chi connectivity index (χ4n) is 4.81. The molecule has 0 atom stereocenters. The van der Waals surface area contributed by atoms with Gasteiger partial charge in [-0.25, -0.2) is 4.39 Å². The smallest absolute Gasteiger partial charge is 0.258 e. The summed E-state index contributed by atoms with van der Waals surface area (Å²) in [7, 11) is 0. The maximum Gasteiger partial charge on any atom is 0.258 e. The van der Waals surface area contributed by atoms with E-state index in [2.05, 4.69) is 10.6 Å². The zero-order valence-corrected chi connectivity index (χ0v) is 25.8. The Morgan fingerprint density at radius 1 is 0.800 bits per heavy atom. The zero-order chi connectivity index (χ0) is 30.9. The molecule has 0 aliphatic heterocycles. The Bertz CT molecular complexity index is 1780. The number of nitrogens with one attached hydrogen (secondary N) is 2. The van der Waals surface area contributed by atoms with Crippen LogP contribution in [0.1, 0.15) is 21.5 Å². The number of amides is 2. The first kappa shape index (κ1) is 33.4. The second kappa shape index (κ2) is 16.0. The standard InChI is InChI=1S/C36H31ClFN3O3.ClH/c37-28-14-16-30(34(21-28)44-29-11-6-7-24(19-29)22-39)32-20-27(25-8-2-1-3-9-25)13-15-31(32)36(43)41-35(42)23-40-18-17-26-10-4-5-12-33(26)38;/h1-16,19-21,40H,17-18,22-23,39H2,(H,41,42,43);1H. The molecule has 0 saturated heterocycles. The lowest BCUT2D eigenvalue weighted by Gasteiger charge is -2.17. The molecule has 0 heterocycles. The van der Waals surface area contributed by atoms with Gasteiger partial charge < -0.3 is 15.8 Å². The van der Waals surface area contributed by atoms with E-state index in [1.165, 1.54) is 6.07 Å². The number of carbonyl (C=O) groups excluding carboxylic acids is 2. The molecule has 0 saturated carbocycles. The maximum atomic E-state index is 13.9. The van der Waals surface area contributed by atoms with E-state index in [0.29, 0.717) is 52.7 Å². The van der Waals surface area contributed by atoms with Gasteiger partial charge in [-0.3, -0.25) is 14.9 Å². The van der Waals surface area contributed by atoms with E-state index in [1.807, 2.05) is 66.7 Å². The first-order valence-corrected chi connectivity index (χ1v) is 14.5. The maximum absolute atomic E-state index is 13.9. The van der Waals surface area contributed by atoms with Crippen molar-refractivity contribution >= 4 is 35.8 Å². The molecular weight excluding hydrogens is 612 g/mol. The summed E-state index contributed by atoms with van der Waals surface area (Å²) >= 11 is 6.38. The molecule has 0 aromatic heterocycles. The van der Waals surface area contributed by atoms with E-state index >= 15 is 0 Å². The van der Waals surface area contributed by atoms with Gasteiger partial charge in [0.1, 0.15) is 17.3 Å². The van der Waals surface area contributed by atoms with E-state index < -0.39 is 11.8 Å². The van der Waals surface area contributed by atoms with E-state index in [9.17, 15) is 14.0 Å². The van der Waals surface area contributed by atoms with Crippen LogP contribution in [0.15, 0.2) is 115 Å². The number of hydrogen-bond donors (Lipinski definition) is 3. The minimum atomic E-state index is -0.563. The summed E-state index contributed by atoms with van der Waals surface area (Å²) in [6.07, 6.45) is 0.409. The van der Waals surface area contributed by atoms with Gasteiger partial charge in [-0.2, -0.15) is 0 Å². The highest BCUT2D eigenvalue weighted by molar-refractivity contribution is 6.30. The third-order valence-corrected chi connectivity index (χ3v) is 7.27. The number of hydrogen-bond acceptors (Lipinski definition) is 5. The van der Waals surface area contributed by atoms with Gasteiger partial charge in [-0.15, -0.1) is 12.4 Å². The summed E-state index contributed by atoms with van der Waals surface area (Å²) in [6, 6.07) is 34.3. The van der Waals surface area contributed by atoms with Crippen molar-refractivity contribution in [3.8, 4) is 33.8 Å². The topological polar surface area (TPSA) is 93.4 Å². The van der Waals surface area contributed by atoms with Crippen LogP contribution >= 0.6 is 24.0 Å². The lowest BCUT2D eigenvalue weighted by molar-refractivity contribution is -0.119. The van der Waals surface area contributed by atoms with Crippen LogP contribution in [0.3, 0.4) is 0 Å². The van der Waals surface area contributed by atoms with Gasteiger partial charge in [0.15, 0.2) is 0 Å². The molecule has 4 N–H and O–H groups in total. The van der Waals surface area contributed by atoms with Gasteiger partial charge in [0, 0.05) is 28.8 Å². The quantitative estimate of drug-likeness (QED) is 0.129. The number of carbonyl (C=O) groups is 2. The van der Waals surface area contributed by atoms with Crippen molar-refractivity contribution in [1.29, 1.82) is 0 Å². The molecule has 0 aliphatic carbocycles. The monoisotopic (exact) mass is 643 g/mol. The van der Waals surface area contributed by atoms with Crippen LogP contribution in [-0.2, 0) is 17.8 Å². The Labute approximate surface area is 272 Å². The van der Waals surface area contributed by atoms with Gasteiger partial charge in [0.05, 0.1) is 6.54 Å². The predicted molar refractivity (Wildman–Crippen MR) is 179 cm³/mol. The molecule has 5 aromatic rings. The van der Waals surface area contributed by atoms with Crippen molar-refractivity contribution in [2.24, 2.45) is 5.73 Å². The molecule has 0 fully saturated rings. The highest BCUT2D eigenvalue weighted by Crippen LogP contribution is 2.39. The van der Waals surface area contributed by atoms with E-state index in [1.54, 1.807) is 42.5 Å². The molecule has 6 nitrogen and oxygen atoms in total. The minimum absolute atomic E-state index is 0. The molecule has 0 radical (unpaired) electrons. The minimum Gasteiger partial charge on any atom is -0.457 e. The van der Waals surface area contributed by atoms with Crippen molar-refractivity contribution in [2.75, 3.05) is 13.1 Å². The fraction of sp³-hybridized carbons (Fsp3) is 0.111. The van der Waals surface area contributed by atoms with E-state index in [-0.39, 0.29) is 30.3 Å². The highest BCUT2D eigenvalue weighted by atomic mass is 35.5. The van der Waals surface area contributed by atoms with Crippen molar-refractivity contribution in [3.63, 3.8) is 0 Å². The Kier molecular flexibility index (Phi) is 11.8. The molecule has 0 unspecified atom stereocenters. The first-order valence-electron chi connectivity index (χ1n) is 14.2. The number of ether oxygens (including phenoxy) is 1. The molecule has 2 amide bonds. The molecule has 230 valence electrons. The first-order chi connectivity index (χ1) is 21.4. The average Bonchev–Trinajstić information content (AvgIpc) is 3.04. The molecule has 9 heteroatoms. The number of halogens is 3. The second-order valence-electron chi connectivity index (χ2n) is 10.1. The van der Waals surface area contributed by atoms with Crippen LogP contribution in [-0.4, -0.2) is 24.9 Å². The Balaban J connectivity index is 0.00000461. The molecule has 0 aliphatic rings. The largest absolute Gasteiger partial charge is 0.457 e. The summed E-state index contributed by atoms with van der Waals surface area (Å²) in [5.74, 6) is -0.359. The number of rotatable bonds is 11. The van der Waals surface area contributed by atoms with Crippen LogP contribution in [0.4, 0.5) is 4.39 Å². The summed E-state index contributed by atoms with van der Waals surface area (Å²) in [4.78, 5) is 26.3. The average molecular weight is 645 g/mol. The van der Waals surface area contributed by atoms with E-state index in [4.69, 9.17) is 22.1 Å². The van der Waals surface area contributed by atoms with Gasteiger partial charge in [-0.05, 0) is 83.2 Å². The lowest BCUT2D eigenvalue weighted by atomic mass is 9.93. The summed E-state index contributed by atoms with van der Waals surface area (Å²) in [6.45, 7) is 0.621. The zero-order valence-electron chi connectivity index (χ0n) is 24.3. The molecular formula is C36H32Cl2FN3O3. The normalized spacial score (nSPS) is 10.6. The summed E-state index contributed by atoms with van der Waals surface area (Å²) in [5, 5.41) is 5.91. The van der Waals surface area contributed by atoms with Crippen molar-refractivity contribution in [2.45, 2.75) is 13.0 Å². The SMILES string of the molecule is Cl.NCc1cccc(Oc2cc(Cl)ccc2-c2cc(-c3ccccc3)ccc2C(=O)NC(=O)CNCCc2ccccc2F)c1. The van der Waals surface area contributed by atoms with E-state index in [0.717, 1.165) is 16.7 Å².